The maximum atomic E-state index is 12.2. The van der Waals surface area contributed by atoms with Crippen LogP contribution < -0.4 is 14.8 Å². The fraction of sp³-hybridized carbons (Fsp3) is 0.316. The molecule has 0 heterocycles. The van der Waals surface area contributed by atoms with Gasteiger partial charge in [0.2, 0.25) is 10.0 Å². The van der Waals surface area contributed by atoms with Gasteiger partial charge in [0.25, 0.3) is 5.91 Å². The van der Waals surface area contributed by atoms with Gasteiger partial charge in [-0.25, -0.2) is 13.1 Å². The molecular formula is C19H24N2O4S. The third-order valence-corrected chi connectivity index (χ3v) is 5.28. The van der Waals surface area contributed by atoms with Crippen molar-refractivity contribution in [3.63, 3.8) is 0 Å². The first-order valence-corrected chi connectivity index (χ1v) is 9.95. The molecule has 2 aromatic rings. The molecule has 7 heteroatoms. The summed E-state index contributed by atoms with van der Waals surface area (Å²) in [7, 11) is -1.90. The van der Waals surface area contributed by atoms with Crippen molar-refractivity contribution in [1.82, 2.24) is 10.0 Å². The van der Waals surface area contributed by atoms with Gasteiger partial charge in [0.05, 0.1) is 12.0 Å². The average molecular weight is 376 g/mol. The van der Waals surface area contributed by atoms with Crippen molar-refractivity contribution in [2.45, 2.75) is 24.7 Å². The minimum Gasteiger partial charge on any atom is -0.497 e. The van der Waals surface area contributed by atoms with E-state index in [1.807, 2.05) is 31.2 Å². The van der Waals surface area contributed by atoms with Gasteiger partial charge in [-0.1, -0.05) is 19.1 Å². The van der Waals surface area contributed by atoms with Crippen molar-refractivity contribution in [2.24, 2.45) is 0 Å². The summed E-state index contributed by atoms with van der Waals surface area (Å²) in [5, 5.41) is 2.83. The van der Waals surface area contributed by atoms with Crippen LogP contribution in [0.25, 0.3) is 0 Å². The summed E-state index contributed by atoms with van der Waals surface area (Å²) in [6, 6.07) is 13.6. The number of sulfonamides is 1. The first kappa shape index (κ1) is 19.9. The van der Waals surface area contributed by atoms with Gasteiger partial charge < -0.3 is 10.1 Å². The number of amides is 1. The monoisotopic (exact) mass is 376 g/mol. The molecule has 0 spiro atoms. The highest BCUT2D eigenvalue weighted by molar-refractivity contribution is 7.89. The Labute approximate surface area is 154 Å². The van der Waals surface area contributed by atoms with E-state index < -0.39 is 10.0 Å². The summed E-state index contributed by atoms with van der Waals surface area (Å²) in [4.78, 5) is 12.3. The highest BCUT2D eigenvalue weighted by atomic mass is 32.2. The molecule has 0 atom stereocenters. The lowest BCUT2D eigenvalue weighted by Gasteiger charge is -2.08. The topological polar surface area (TPSA) is 84.5 Å². The molecule has 0 aliphatic heterocycles. The largest absolute Gasteiger partial charge is 0.497 e. The van der Waals surface area contributed by atoms with Crippen molar-refractivity contribution in [2.75, 3.05) is 20.2 Å². The van der Waals surface area contributed by atoms with Crippen LogP contribution in [0.15, 0.2) is 53.4 Å². The highest BCUT2D eigenvalue weighted by Crippen LogP contribution is 2.13. The smallest absolute Gasteiger partial charge is 0.251 e. The summed E-state index contributed by atoms with van der Waals surface area (Å²) in [6.45, 7) is 2.75. The van der Waals surface area contributed by atoms with E-state index in [0.717, 1.165) is 11.3 Å². The Morgan fingerprint density at radius 2 is 1.81 bits per heavy atom. The van der Waals surface area contributed by atoms with Crippen molar-refractivity contribution in [3.8, 4) is 5.75 Å². The molecule has 0 fully saturated rings. The van der Waals surface area contributed by atoms with Crippen molar-refractivity contribution < 1.29 is 17.9 Å². The Bertz CT molecular complexity index is 833. The van der Waals surface area contributed by atoms with Gasteiger partial charge in [-0.3, -0.25) is 4.79 Å². The van der Waals surface area contributed by atoms with Gasteiger partial charge in [-0.05, 0) is 54.8 Å². The predicted molar refractivity (Wildman–Crippen MR) is 101 cm³/mol. The van der Waals surface area contributed by atoms with E-state index in [4.69, 9.17) is 4.74 Å². The van der Waals surface area contributed by atoms with Crippen molar-refractivity contribution in [3.05, 3.63) is 59.7 Å². The summed E-state index contributed by atoms with van der Waals surface area (Å²) >= 11 is 0. The first-order valence-electron chi connectivity index (χ1n) is 8.47. The number of nitrogens with one attached hydrogen (secondary N) is 2. The van der Waals surface area contributed by atoms with Crippen LogP contribution in [0, 0.1) is 0 Å². The van der Waals surface area contributed by atoms with Crippen LogP contribution in [-0.4, -0.2) is 34.5 Å². The molecule has 0 bridgehead atoms. The molecule has 2 rings (SSSR count). The molecule has 6 nitrogen and oxygen atoms in total. The van der Waals surface area contributed by atoms with Crippen LogP contribution in [0.4, 0.5) is 0 Å². The van der Waals surface area contributed by atoms with Crippen LogP contribution in [0.3, 0.4) is 0 Å². The number of carbonyl (C=O) groups is 1. The lowest BCUT2D eigenvalue weighted by molar-refractivity contribution is 0.0954. The Kier molecular flexibility index (Phi) is 7.17. The minimum absolute atomic E-state index is 0.152. The van der Waals surface area contributed by atoms with Gasteiger partial charge in [-0.2, -0.15) is 0 Å². The minimum atomic E-state index is -3.52. The maximum absolute atomic E-state index is 12.2. The van der Waals surface area contributed by atoms with Crippen LogP contribution >= 0.6 is 0 Å². The fourth-order valence-electron chi connectivity index (χ4n) is 2.36. The zero-order valence-corrected chi connectivity index (χ0v) is 15.8. The Morgan fingerprint density at radius 1 is 1.08 bits per heavy atom. The second kappa shape index (κ2) is 9.35. The third kappa shape index (κ3) is 5.57. The van der Waals surface area contributed by atoms with Crippen LogP contribution in [-0.2, 0) is 16.4 Å². The van der Waals surface area contributed by atoms with E-state index in [1.54, 1.807) is 7.11 Å². The lowest BCUT2D eigenvalue weighted by atomic mass is 10.1. The van der Waals surface area contributed by atoms with Crippen molar-refractivity contribution >= 4 is 15.9 Å². The summed E-state index contributed by atoms with van der Waals surface area (Å²) in [5.41, 5.74) is 1.48. The molecule has 0 saturated heterocycles. The second-order valence-electron chi connectivity index (χ2n) is 5.78. The number of methoxy groups -OCH3 is 1. The Hall–Kier alpha value is -2.38. The maximum Gasteiger partial charge on any atom is 0.251 e. The number of hydrogen-bond acceptors (Lipinski definition) is 4. The van der Waals surface area contributed by atoms with Gasteiger partial charge >= 0.3 is 0 Å². The summed E-state index contributed by atoms with van der Waals surface area (Å²) in [5.74, 6) is 0.542. The molecule has 0 saturated carbocycles. The van der Waals surface area contributed by atoms with E-state index in [2.05, 4.69) is 10.0 Å². The number of hydrogen-bond donors (Lipinski definition) is 2. The molecule has 0 unspecified atom stereocenters. The lowest BCUT2D eigenvalue weighted by Crippen LogP contribution is -2.26. The van der Waals surface area contributed by atoms with E-state index in [-0.39, 0.29) is 10.8 Å². The molecule has 0 aliphatic rings. The van der Waals surface area contributed by atoms with Crippen LogP contribution in [0.5, 0.6) is 5.75 Å². The molecule has 2 aromatic carbocycles. The molecule has 0 aliphatic carbocycles. The average Bonchev–Trinajstić information content (AvgIpc) is 2.66. The van der Waals surface area contributed by atoms with Crippen LogP contribution in [0.1, 0.15) is 29.3 Å². The number of rotatable bonds is 9. The molecule has 26 heavy (non-hydrogen) atoms. The molecule has 140 valence electrons. The molecule has 0 aromatic heterocycles. The van der Waals surface area contributed by atoms with E-state index in [0.29, 0.717) is 31.5 Å². The number of ether oxygens (including phenoxy) is 1. The quantitative estimate of drug-likeness (QED) is 0.704. The molecule has 0 radical (unpaired) electrons. The zero-order valence-electron chi connectivity index (χ0n) is 15.0. The number of benzene rings is 2. The fourth-order valence-corrected chi connectivity index (χ4v) is 3.49. The Morgan fingerprint density at radius 3 is 2.46 bits per heavy atom. The summed E-state index contributed by atoms with van der Waals surface area (Å²) in [6.07, 6.45) is 1.39. The summed E-state index contributed by atoms with van der Waals surface area (Å²) < 4.78 is 31.7. The third-order valence-electron chi connectivity index (χ3n) is 3.80. The van der Waals surface area contributed by atoms with Gasteiger partial charge in [0, 0.05) is 18.7 Å². The van der Waals surface area contributed by atoms with Gasteiger partial charge in [0.1, 0.15) is 5.75 Å². The normalized spacial score (nSPS) is 11.2. The SMILES string of the molecule is CCCNS(=O)(=O)c1ccc(C(=O)NCCc2cccc(OC)c2)cc1. The highest BCUT2D eigenvalue weighted by Gasteiger charge is 2.14. The van der Waals surface area contributed by atoms with Crippen LogP contribution in [0.2, 0.25) is 0 Å². The standard InChI is InChI=1S/C19H24N2O4S/c1-3-12-21-26(23,24)18-9-7-16(8-10-18)19(22)20-13-11-15-5-4-6-17(14-15)25-2/h4-10,14,21H,3,11-13H2,1-2H3,(H,20,22). The number of carbonyl (C=O) groups excluding carboxylic acids is 1. The van der Waals surface area contributed by atoms with E-state index in [1.165, 1.54) is 24.3 Å². The van der Waals surface area contributed by atoms with Gasteiger partial charge in [0.15, 0.2) is 0 Å². The molecule has 1 amide bonds. The van der Waals surface area contributed by atoms with Gasteiger partial charge in [-0.15, -0.1) is 0 Å². The molecular weight excluding hydrogens is 352 g/mol. The Balaban J connectivity index is 1.91. The van der Waals surface area contributed by atoms with Crippen molar-refractivity contribution in [1.29, 1.82) is 0 Å². The van der Waals surface area contributed by atoms with E-state index in [9.17, 15) is 13.2 Å². The predicted octanol–water partition coefficient (Wildman–Crippen LogP) is 2.36. The first-order chi connectivity index (χ1) is 12.5. The molecule has 2 N–H and O–H groups in total. The zero-order chi connectivity index (χ0) is 19.0. The second-order valence-corrected chi connectivity index (χ2v) is 7.55. The van der Waals surface area contributed by atoms with E-state index >= 15 is 0 Å².